The van der Waals surface area contributed by atoms with Crippen molar-refractivity contribution in [1.82, 2.24) is 0 Å². The highest BCUT2D eigenvalue weighted by atomic mass is 16.5. The van der Waals surface area contributed by atoms with E-state index < -0.39 is 0 Å². The Morgan fingerprint density at radius 3 is 2.91 bits per heavy atom. The molecule has 0 amide bonds. The third-order valence-electron chi connectivity index (χ3n) is 1.38. The first-order chi connectivity index (χ1) is 5.31. The standard InChI is InChI=1S/C10H16O/c1-4-6-8-11-9-7-10(3)5-2/h2,7H,4,6,8-9H2,1,3H3. The number of allylic oxidation sites excluding steroid dienone is 1. The molecule has 0 radical (unpaired) electrons. The zero-order chi connectivity index (χ0) is 8.53. The topological polar surface area (TPSA) is 9.23 Å². The van der Waals surface area contributed by atoms with Crippen LogP contribution in [-0.4, -0.2) is 13.2 Å². The molecule has 0 aliphatic heterocycles. The van der Waals surface area contributed by atoms with Crippen molar-refractivity contribution in [2.24, 2.45) is 0 Å². The maximum Gasteiger partial charge on any atom is 0.0659 e. The van der Waals surface area contributed by atoms with Crippen molar-refractivity contribution in [1.29, 1.82) is 0 Å². The first kappa shape index (κ1) is 10.3. The van der Waals surface area contributed by atoms with Gasteiger partial charge in [-0.1, -0.05) is 19.3 Å². The molecule has 0 spiro atoms. The lowest BCUT2D eigenvalue weighted by Crippen LogP contribution is -1.93. The van der Waals surface area contributed by atoms with Gasteiger partial charge in [-0.15, -0.1) is 6.42 Å². The number of unbranched alkanes of at least 4 members (excludes halogenated alkanes) is 1. The predicted molar refractivity (Wildman–Crippen MR) is 48.3 cm³/mol. The summed E-state index contributed by atoms with van der Waals surface area (Å²) < 4.78 is 5.27. The lowest BCUT2D eigenvalue weighted by atomic mass is 10.3. The molecule has 11 heavy (non-hydrogen) atoms. The number of rotatable bonds is 5. The Kier molecular flexibility index (Phi) is 6.87. The summed E-state index contributed by atoms with van der Waals surface area (Å²) in [5.74, 6) is 2.54. The van der Waals surface area contributed by atoms with Gasteiger partial charge in [0, 0.05) is 6.61 Å². The Morgan fingerprint density at radius 1 is 1.64 bits per heavy atom. The molecule has 0 aliphatic carbocycles. The lowest BCUT2D eigenvalue weighted by molar-refractivity contribution is 0.158. The Bertz CT molecular complexity index is 151. The van der Waals surface area contributed by atoms with E-state index >= 15 is 0 Å². The van der Waals surface area contributed by atoms with Crippen molar-refractivity contribution >= 4 is 0 Å². The van der Waals surface area contributed by atoms with Gasteiger partial charge in [0.25, 0.3) is 0 Å². The second kappa shape index (κ2) is 7.37. The Balaban J connectivity index is 3.21. The van der Waals surface area contributed by atoms with Crippen LogP contribution in [0.5, 0.6) is 0 Å². The van der Waals surface area contributed by atoms with Gasteiger partial charge in [-0.3, -0.25) is 0 Å². The quantitative estimate of drug-likeness (QED) is 0.434. The van der Waals surface area contributed by atoms with Crippen LogP contribution < -0.4 is 0 Å². The van der Waals surface area contributed by atoms with Gasteiger partial charge >= 0.3 is 0 Å². The van der Waals surface area contributed by atoms with Crippen LogP contribution in [0.2, 0.25) is 0 Å². The average molecular weight is 152 g/mol. The van der Waals surface area contributed by atoms with Crippen LogP contribution in [-0.2, 0) is 4.74 Å². The van der Waals surface area contributed by atoms with E-state index in [9.17, 15) is 0 Å². The summed E-state index contributed by atoms with van der Waals surface area (Å²) in [5.41, 5.74) is 0.946. The normalized spacial score (nSPS) is 11.2. The second-order valence-corrected chi connectivity index (χ2v) is 2.46. The maximum absolute atomic E-state index is 5.27. The molecule has 0 N–H and O–H groups in total. The van der Waals surface area contributed by atoms with Crippen LogP contribution in [0, 0.1) is 12.3 Å². The van der Waals surface area contributed by atoms with Crippen molar-refractivity contribution in [3.05, 3.63) is 11.6 Å². The highest BCUT2D eigenvalue weighted by Gasteiger charge is 1.84. The molecule has 0 bridgehead atoms. The Hall–Kier alpha value is -0.740. The molecule has 0 atom stereocenters. The first-order valence-corrected chi connectivity index (χ1v) is 4.02. The van der Waals surface area contributed by atoms with Gasteiger partial charge in [-0.25, -0.2) is 0 Å². The van der Waals surface area contributed by atoms with Gasteiger partial charge in [0.05, 0.1) is 6.61 Å². The van der Waals surface area contributed by atoms with Crippen LogP contribution >= 0.6 is 0 Å². The summed E-state index contributed by atoms with van der Waals surface area (Å²) in [4.78, 5) is 0. The monoisotopic (exact) mass is 152 g/mol. The third-order valence-corrected chi connectivity index (χ3v) is 1.38. The molecular weight excluding hydrogens is 136 g/mol. The van der Waals surface area contributed by atoms with Crippen molar-refractivity contribution < 1.29 is 4.74 Å². The van der Waals surface area contributed by atoms with Gasteiger partial charge in [-0.2, -0.15) is 0 Å². The molecule has 0 aromatic heterocycles. The molecular formula is C10H16O. The fourth-order valence-electron chi connectivity index (χ4n) is 0.573. The second-order valence-electron chi connectivity index (χ2n) is 2.46. The van der Waals surface area contributed by atoms with Crippen LogP contribution in [0.1, 0.15) is 26.7 Å². The zero-order valence-corrected chi connectivity index (χ0v) is 7.39. The van der Waals surface area contributed by atoms with Gasteiger partial charge in [0.15, 0.2) is 0 Å². The minimum Gasteiger partial charge on any atom is -0.377 e. The summed E-state index contributed by atoms with van der Waals surface area (Å²) in [6, 6.07) is 0. The summed E-state index contributed by atoms with van der Waals surface area (Å²) in [5, 5.41) is 0. The molecule has 1 heteroatoms. The largest absolute Gasteiger partial charge is 0.377 e. The minimum atomic E-state index is 0.649. The molecule has 0 aliphatic rings. The van der Waals surface area contributed by atoms with Crippen molar-refractivity contribution in [2.45, 2.75) is 26.7 Å². The molecule has 1 nitrogen and oxygen atoms in total. The minimum absolute atomic E-state index is 0.649. The summed E-state index contributed by atoms with van der Waals surface area (Å²) >= 11 is 0. The van der Waals surface area contributed by atoms with Crippen molar-refractivity contribution in [3.8, 4) is 12.3 Å². The average Bonchev–Trinajstić information content (AvgIpc) is 2.04. The highest BCUT2D eigenvalue weighted by molar-refractivity contribution is 5.22. The number of hydrogen-bond acceptors (Lipinski definition) is 1. The van der Waals surface area contributed by atoms with Gasteiger partial charge in [0.1, 0.15) is 0 Å². The zero-order valence-electron chi connectivity index (χ0n) is 7.39. The molecule has 0 heterocycles. The van der Waals surface area contributed by atoms with E-state index in [1.807, 2.05) is 13.0 Å². The molecule has 0 saturated heterocycles. The maximum atomic E-state index is 5.27. The van der Waals surface area contributed by atoms with E-state index in [-0.39, 0.29) is 0 Å². The summed E-state index contributed by atoms with van der Waals surface area (Å²) in [6.07, 6.45) is 9.37. The van der Waals surface area contributed by atoms with E-state index in [4.69, 9.17) is 11.2 Å². The molecule has 0 aromatic carbocycles. The number of terminal acetylenes is 1. The SMILES string of the molecule is C#CC(C)=CCOCCCC. The Morgan fingerprint density at radius 2 is 2.36 bits per heavy atom. The van der Waals surface area contributed by atoms with E-state index in [2.05, 4.69) is 12.8 Å². The fraction of sp³-hybridized carbons (Fsp3) is 0.600. The molecule has 0 fully saturated rings. The van der Waals surface area contributed by atoms with E-state index in [0.717, 1.165) is 18.6 Å². The number of hydrogen-bond donors (Lipinski definition) is 0. The third kappa shape index (κ3) is 7.15. The van der Waals surface area contributed by atoms with Crippen molar-refractivity contribution in [2.75, 3.05) is 13.2 Å². The molecule has 62 valence electrons. The van der Waals surface area contributed by atoms with E-state index in [1.54, 1.807) is 0 Å². The summed E-state index contributed by atoms with van der Waals surface area (Å²) in [6.45, 7) is 5.54. The van der Waals surface area contributed by atoms with E-state index in [0.29, 0.717) is 6.61 Å². The molecule has 0 unspecified atom stereocenters. The van der Waals surface area contributed by atoms with Crippen LogP contribution in [0.4, 0.5) is 0 Å². The van der Waals surface area contributed by atoms with Gasteiger partial charge in [0.2, 0.25) is 0 Å². The smallest absolute Gasteiger partial charge is 0.0659 e. The van der Waals surface area contributed by atoms with E-state index in [1.165, 1.54) is 6.42 Å². The fourth-order valence-corrected chi connectivity index (χ4v) is 0.573. The number of ether oxygens (including phenoxy) is 1. The first-order valence-electron chi connectivity index (χ1n) is 4.02. The van der Waals surface area contributed by atoms with Gasteiger partial charge < -0.3 is 4.74 Å². The molecule has 0 aromatic rings. The highest BCUT2D eigenvalue weighted by Crippen LogP contribution is 1.91. The van der Waals surface area contributed by atoms with Crippen molar-refractivity contribution in [3.63, 3.8) is 0 Å². The Labute approximate surface area is 69.4 Å². The lowest BCUT2D eigenvalue weighted by Gasteiger charge is -1.97. The van der Waals surface area contributed by atoms with Crippen LogP contribution in [0.25, 0.3) is 0 Å². The molecule has 0 saturated carbocycles. The van der Waals surface area contributed by atoms with Gasteiger partial charge in [-0.05, 0) is 25.0 Å². The van der Waals surface area contributed by atoms with Crippen LogP contribution in [0.15, 0.2) is 11.6 Å². The summed E-state index contributed by atoms with van der Waals surface area (Å²) in [7, 11) is 0. The predicted octanol–water partition coefficient (Wildman–Crippen LogP) is 2.38. The van der Waals surface area contributed by atoms with Crippen LogP contribution in [0.3, 0.4) is 0 Å². The molecule has 0 rings (SSSR count).